The molecule has 3 nitrogen and oxygen atoms in total. The summed E-state index contributed by atoms with van der Waals surface area (Å²) in [4.78, 5) is 10.3. The normalized spacial score (nSPS) is 7.50. The first-order chi connectivity index (χ1) is 3.81. The molecule has 0 saturated heterocycles. The Labute approximate surface area is 48.3 Å². The first-order valence-electron chi connectivity index (χ1n) is 2.49. The van der Waals surface area contributed by atoms with Crippen LogP contribution in [0.25, 0.3) is 0 Å². The number of amides is 1. The number of carbonyl (C=O) groups is 1. The largest absolute Gasteiger partial charge is 0.274 e. The van der Waals surface area contributed by atoms with Gasteiger partial charge in [-0.05, 0) is 6.42 Å². The highest BCUT2D eigenvalue weighted by Gasteiger charge is 1.93. The molecule has 0 heterocycles. The molecule has 0 bridgehead atoms. The van der Waals surface area contributed by atoms with Crippen LogP contribution in [0.3, 0.4) is 0 Å². The summed E-state index contributed by atoms with van der Waals surface area (Å²) < 4.78 is 0. The van der Waals surface area contributed by atoms with Crippen molar-refractivity contribution in [3.05, 3.63) is 0 Å². The molecule has 0 spiro atoms. The molecule has 0 atom stereocenters. The molecule has 0 aliphatic carbocycles. The molecule has 3 heteroatoms. The van der Waals surface area contributed by atoms with E-state index in [1.165, 1.54) is 0 Å². The highest BCUT2D eigenvalue weighted by molar-refractivity contribution is 5.77. The molecule has 0 unspecified atom stereocenters. The van der Waals surface area contributed by atoms with E-state index >= 15 is 0 Å². The van der Waals surface area contributed by atoms with Crippen LogP contribution in [0.1, 0.15) is 19.8 Å². The van der Waals surface area contributed by atoms with Gasteiger partial charge < -0.3 is 0 Å². The average molecular weight is 112 g/mol. The summed E-state index contributed by atoms with van der Waals surface area (Å²) in [5, 5.41) is 9.89. The third-order valence-corrected chi connectivity index (χ3v) is 0.672. The van der Waals surface area contributed by atoms with Crippen molar-refractivity contribution in [2.75, 3.05) is 0 Å². The fourth-order valence-corrected chi connectivity index (χ4v) is 0.352. The summed E-state index contributed by atoms with van der Waals surface area (Å²) in [6.07, 6.45) is 2.78. The van der Waals surface area contributed by atoms with Crippen molar-refractivity contribution in [1.82, 2.24) is 5.32 Å². The lowest BCUT2D eigenvalue weighted by atomic mass is 10.3. The molecule has 1 amide bonds. The van der Waals surface area contributed by atoms with Crippen LogP contribution < -0.4 is 5.32 Å². The Kier molecular flexibility index (Phi) is 3.59. The lowest BCUT2D eigenvalue weighted by Crippen LogP contribution is -2.15. The Morgan fingerprint density at radius 3 is 2.88 bits per heavy atom. The number of rotatable bonds is 2. The van der Waals surface area contributed by atoms with Crippen LogP contribution in [0.4, 0.5) is 0 Å². The van der Waals surface area contributed by atoms with Gasteiger partial charge in [0.15, 0.2) is 6.19 Å². The number of nitriles is 1. The van der Waals surface area contributed by atoms with Gasteiger partial charge in [-0.3, -0.25) is 10.1 Å². The molecule has 0 aromatic carbocycles. The molecule has 0 aliphatic rings. The zero-order valence-corrected chi connectivity index (χ0v) is 4.77. The van der Waals surface area contributed by atoms with Crippen molar-refractivity contribution in [2.45, 2.75) is 19.8 Å². The van der Waals surface area contributed by atoms with Crippen molar-refractivity contribution in [2.24, 2.45) is 0 Å². The molecular formula is C5H8N2O. The highest BCUT2D eigenvalue weighted by Crippen LogP contribution is 1.83. The monoisotopic (exact) mass is 112 g/mol. The van der Waals surface area contributed by atoms with Crippen molar-refractivity contribution < 1.29 is 4.79 Å². The van der Waals surface area contributed by atoms with Crippen LogP contribution in [-0.2, 0) is 4.79 Å². The summed E-state index contributed by atoms with van der Waals surface area (Å²) in [6, 6.07) is 0. The van der Waals surface area contributed by atoms with E-state index < -0.39 is 0 Å². The van der Waals surface area contributed by atoms with E-state index in [2.05, 4.69) is 0 Å². The van der Waals surface area contributed by atoms with E-state index in [4.69, 9.17) is 5.26 Å². The van der Waals surface area contributed by atoms with Gasteiger partial charge in [0.25, 0.3) is 0 Å². The summed E-state index contributed by atoms with van der Waals surface area (Å²) in [5.74, 6) is -0.199. The van der Waals surface area contributed by atoms with Crippen molar-refractivity contribution in [3.63, 3.8) is 0 Å². The lowest BCUT2D eigenvalue weighted by molar-refractivity contribution is -0.119. The molecule has 44 valence electrons. The summed E-state index contributed by atoms with van der Waals surface area (Å²) in [5.41, 5.74) is 0. The molecule has 1 N–H and O–H groups in total. The zero-order chi connectivity index (χ0) is 6.41. The Morgan fingerprint density at radius 2 is 2.50 bits per heavy atom. The molecule has 0 rings (SSSR count). The third-order valence-electron chi connectivity index (χ3n) is 0.672. The summed E-state index contributed by atoms with van der Waals surface area (Å²) >= 11 is 0. The topological polar surface area (TPSA) is 52.9 Å². The van der Waals surface area contributed by atoms with Crippen molar-refractivity contribution in [3.8, 4) is 6.19 Å². The van der Waals surface area contributed by atoms with E-state index in [9.17, 15) is 4.79 Å². The van der Waals surface area contributed by atoms with Crippen LogP contribution in [0, 0.1) is 11.5 Å². The molecule has 0 saturated carbocycles. The fraction of sp³-hybridized carbons (Fsp3) is 0.600. The molecule has 0 aliphatic heterocycles. The number of hydrogen-bond acceptors (Lipinski definition) is 2. The number of nitrogens with zero attached hydrogens (tertiary/aromatic N) is 1. The molecule has 0 fully saturated rings. The van der Waals surface area contributed by atoms with Gasteiger partial charge in [-0.1, -0.05) is 6.92 Å². The van der Waals surface area contributed by atoms with Gasteiger partial charge in [-0.25, -0.2) is 0 Å². The van der Waals surface area contributed by atoms with Gasteiger partial charge in [0.2, 0.25) is 5.91 Å². The van der Waals surface area contributed by atoms with Gasteiger partial charge in [0.1, 0.15) is 0 Å². The third kappa shape index (κ3) is 3.16. The minimum Gasteiger partial charge on any atom is -0.274 e. The van der Waals surface area contributed by atoms with Crippen LogP contribution in [0.5, 0.6) is 0 Å². The van der Waals surface area contributed by atoms with Gasteiger partial charge >= 0.3 is 0 Å². The van der Waals surface area contributed by atoms with Gasteiger partial charge in [0, 0.05) is 6.42 Å². The average Bonchev–Trinajstić information content (AvgIpc) is 1.68. The SMILES string of the molecule is CCCC(=O)NC#N. The molecular weight excluding hydrogens is 104 g/mol. The lowest BCUT2D eigenvalue weighted by Gasteiger charge is -1.88. The Morgan fingerprint density at radius 1 is 1.88 bits per heavy atom. The fourth-order valence-electron chi connectivity index (χ4n) is 0.352. The second-order valence-electron chi connectivity index (χ2n) is 1.41. The maximum Gasteiger partial charge on any atom is 0.232 e. The minimum absolute atomic E-state index is 0.199. The Balaban J connectivity index is 3.23. The van der Waals surface area contributed by atoms with E-state index in [0.717, 1.165) is 6.42 Å². The smallest absolute Gasteiger partial charge is 0.232 e. The first kappa shape index (κ1) is 6.96. The molecule has 0 aromatic heterocycles. The van der Waals surface area contributed by atoms with E-state index in [-0.39, 0.29) is 5.91 Å². The standard InChI is InChI=1S/C5H8N2O/c1-2-3-5(8)7-4-6/h2-3H2,1H3,(H,7,8). The van der Waals surface area contributed by atoms with Crippen LogP contribution in [0.15, 0.2) is 0 Å². The Bertz CT molecular complexity index is 114. The Hall–Kier alpha value is -1.04. The van der Waals surface area contributed by atoms with Crippen LogP contribution >= 0.6 is 0 Å². The van der Waals surface area contributed by atoms with E-state index in [1.807, 2.05) is 12.2 Å². The summed E-state index contributed by atoms with van der Waals surface area (Å²) in [6.45, 7) is 1.89. The number of nitrogens with one attached hydrogen (secondary N) is 1. The molecule has 0 radical (unpaired) electrons. The predicted molar refractivity (Wildman–Crippen MR) is 28.7 cm³/mol. The van der Waals surface area contributed by atoms with Crippen LogP contribution in [0.2, 0.25) is 0 Å². The minimum atomic E-state index is -0.199. The molecule has 8 heavy (non-hydrogen) atoms. The number of hydrogen-bond donors (Lipinski definition) is 1. The summed E-state index contributed by atoms with van der Waals surface area (Å²) in [7, 11) is 0. The number of carbonyl (C=O) groups excluding carboxylic acids is 1. The van der Waals surface area contributed by atoms with Crippen LogP contribution in [-0.4, -0.2) is 5.91 Å². The zero-order valence-electron chi connectivity index (χ0n) is 4.77. The highest BCUT2D eigenvalue weighted by atomic mass is 16.1. The van der Waals surface area contributed by atoms with Gasteiger partial charge in [0.05, 0.1) is 0 Å². The van der Waals surface area contributed by atoms with Crippen molar-refractivity contribution >= 4 is 5.91 Å². The van der Waals surface area contributed by atoms with Crippen molar-refractivity contribution in [1.29, 1.82) is 5.26 Å². The van der Waals surface area contributed by atoms with E-state index in [1.54, 1.807) is 6.19 Å². The predicted octanol–water partition coefficient (Wildman–Crippen LogP) is 0.384. The van der Waals surface area contributed by atoms with E-state index in [0.29, 0.717) is 6.42 Å². The first-order valence-corrected chi connectivity index (χ1v) is 2.49. The van der Waals surface area contributed by atoms with Gasteiger partial charge in [-0.2, -0.15) is 5.26 Å². The maximum atomic E-state index is 10.3. The van der Waals surface area contributed by atoms with Gasteiger partial charge in [-0.15, -0.1) is 0 Å². The second kappa shape index (κ2) is 4.13. The second-order valence-corrected chi connectivity index (χ2v) is 1.41. The maximum absolute atomic E-state index is 10.3. The molecule has 0 aromatic rings. The quantitative estimate of drug-likeness (QED) is 0.415.